The predicted molar refractivity (Wildman–Crippen MR) is 76.9 cm³/mol. The Hall–Kier alpha value is 0.230. The largest absolute Gasteiger partial charge is 0.381 e. The molecule has 0 atom stereocenters. The van der Waals surface area contributed by atoms with E-state index in [-0.39, 0.29) is 0 Å². The lowest BCUT2D eigenvalue weighted by Gasteiger charge is -2.40. The average molecular weight is 260 g/mol. The molecule has 4 heteroatoms. The van der Waals surface area contributed by atoms with Crippen molar-refractivity contribution in [1.82, 2.24) is 10.2 Å². The number of hydrogen-bond acceptors (Lipinski definition) is 4. The summed E-state index contributed by atoms with van der Waals surface area (Å²) >= 11 is 1.94. The van der Waals surface area contributed by atoms with Gasteiger partial charge in [-0.05, 0) is 57.3 Å². The van der Waals surface area contributed by atoms with Crippen molar-refractivity contribution in [2.24, 2.45) is 5.41 Å². The van der Waals surface area contributed by atoms with Crippen LogP contribution in [0.5, 0.6) is 0 Å². The molecule has 1 N–H and O–H groups in total. The minimum atomic E-state index is 0.432. The van der Waals surface area contributed by atoms with Gasteiger partial charge < -0.3 is 15.0 Å². The topological polar surface area (TPSA) is 24.5 Å². The number of rotatable bonds is 8. The van der Waals surface area contributed by atoms with Crippen molar-refractivity contribution in [2.75, 3.05) is 59.0 Å². The van der Waals surface area contributed by atoms with Crippen molar-refractivity contribution in [3.63, 3.8) is 0 Å². The number of hydrogen-bond donors (Lipinski definition) is 1. The van der Waals surface area contributed by atoms with Gasteiger partial charge in [0.25, 0.3) is 0 Å². The lowest BCUT2D eigenvalue weighted by Crippen LogP contribution is -2.46. The number of ether oxygens (including phenoxy) is 1. The number of nitrogens with zero attached hydrogens (tertiary/aromatic N) is 1. The van der Waals surface area contributed by atoms with Gasteiger partial charge in [-0.15, -0.1) is 0 Å². The summed E-state index contributed by atoms with van der Waals surface area (Å²) in [7, 11) is 4.32. The maximum Gasteiger partial charge on any atom is 0.0472 e. The molecule has 17 heavy (non-hydrogen) atoms. The average Bonchev–Trinajstić information content (AvgIpc) is 2.30. The van der Waals surface area contributed by atoms with E-state index in [9.17, 15) is 0 Å². The summed E-state index contributed by atoms with van der Waals surface area (Å²) in [6.45, 7) is 5.39. The molecular formula is C13H28N2OS. The molecule has 0 aromatic heterocycles. The summed E-state index contributed by atoms with van der Waals surface area (Å²) in [6, 6.07) is 0. The van der Waals surface area contributed by atoms with Gasteiger partial charge in [-0.3, -0.25) is 0 Å². The Morgan fingerprint density at radius 2 is 2.06 bits per heavy atom. The highest BCUT2D eigenvalue weighted by Crippen LogP contribution is 2.30. The fourth-order valence-electron chi connectivity index (χ4n) is 2.70. The quantitative estimate of drug-likeness (QED) is 0.671. The molecule has 0 amide bonds. The van der Waals surface area contributed by atoms with Gasteiger partial charge in [0.1, 0.15) is 0 Å². The molecule has 3 nitrogen and oxygen atoms in total. The van der Waals surface area contributed by atoms with E-state index >= 15 is 0 Å². The van der Waals surface area contributed by atoms with Crippen molar-refractivity contribution in [1.29, 1.82) is 0 Å². The summed E-state index contributed by atoms with van der Waals surface area (Å²) in [5, 5.41) is 3.36. The first-order valence-electron chi connectivity index (χ1n) is 6.62. The van der Waals surface area contributed by atoms with E-state index in [1.807, 2.05) is 11.8 Å². The third-order valence-electron chi connectivity index (χ3n) is 3.60. The molecule has 0 aromatic carbocycles. The summed E-state index contributed by atoms with van der Waals surface area (Å²) in [5.41, 5.74) is 0.432. The zero-order valence-electron chi connectivity index (χ0n) is 11.6. The van der Waals surface area contributed by atoms with Crippen molar-refractivity contribution >= 4 is 11.8 Å². The third-order valence-corrected chi connectivity index (χ3v) is 4.30. The first kappa shape index (κ1) is 15.3. The highest BCUT2D eigenvalue weighted by Gasteiger charge is 2.32. The van der Waals surface area contributed by atoms with E-state index in [4.69, 9.17) is 4.74 Å². The molecule has 102 valence electrons. The van der Waals surface area contributed by atoms with Crippen LogP contribution in [0.3, 0.4) is 0 Å². The third kappa shape index (κ3) is 5.60. The minimum absolute atomic E-state index is 0.432. The fraction of sp³-hybridized carbons (Fsp3) is 1.00. The van der Waals surface area contributed by atoms with Gasteiger partial charge in [-0.2, -0.15) is 11.8 Å². The molecule has 0 radical (unpaired) electrons. The maximum absolute atomic E-state index is 5.50. The standard InChI is InChI=1S/C13H28N2OS/c1-14-11-13(5-8-16-9-6-13)12-15(2)7-4-10-17-3/h14H,4-12H2,1-3H3. The van der Waals surface area contributed by atoms with Crippen LogP contribution in [0.2, 0.25) is 0 Å². The zero-order valence-corrected chi connectivity index (χ0v) is 12.4. The highest BCUT2D eigenvalue weighted by atomic mass is 32.2. The Balaban J connectivity index is 2.36. The van der Waals surface area contributed by atoms with E-state index in [2.05, 4.69) is 30.6 Å². The second-order valence-electron chi connectivity index (χ2n) is 5.23. The van der Waals surface area contributed by atoms with Crippen LogP contribution < -0.4 is 5.32 Å². The Morgan fingerprint density at radius 1 is 1.35 bits per heavy atom. The van der Waals surface area contributed by atoms with E-state index in [0.717, 1.165) is 19.8 Å². The molecule has 1 saturated heterocycles. The molecule has 0 bridgehead atoms. The van der Waals surface area contributed by atoms with Crippen LogP contribution in [0.4, 0.5) is 0 Å². The van der Waals surface area contributed by atoms with Gasteiger partial charge in [0.2, 0.25) is 0 Å². The molecular weight excluding hydrogens is 232 g/mol. The summed E-state index contributed by atoms with van der Waals surface area (Å²) in [4.78, 5) is 2.50. The van der Waals surface area contributed by atoms with E-state index in [1.54, 1.807) is 0 Å². The van der Waals surface area contributed by atoms with Crippen LogP contribution in [0, 0.1) is 5.41 Å². The summed E-state index contributed by atoms with van der Waals surface area (Å²) in [6.07, 6.45) is 5.87. The van der Waals surface area contributed by atoms with E-state index in [0.29, 0.717) is 5.41 Å². The van der Waals surface area contributed by atoms with Crippen molar-refractivity contribution < 1.29 is 4.74 Å². The molecule has 1 heterocycles. The van der Waals surface area contributed by atoms with Crippen LogP contribution in [-0.2, 0) is 4.74 Å². The normalized spacial score (nSPS) is 19.8. The number of nitrogens with one attached hydrogen (secondary N) is 1. The maximum atomic E-state index is 5.50. The molecule has 0 spiro atoms. The molecule has 1 aliphatic heterocycles. The van der Waals surface area contributed by atoms with Crippen molar-refractivity contribution in [3.05, 3.63) is 0 Å². The van der Waals surface area contributed by atoms with Crippen LogP contribution in [-0.4, -0.2) is 63.9 Å². The Labute approximate surface area is 111 Å². The first-order chi connectivity index (χ1) is 8.22. The van der Waals surface area contributed by atoms with Crippen LogP contribution >= 0.6 is 11.8 Å². The van der Waals surface area contributed by atoms with Crippen molar-refractivity contribution in [3.8, 4) is 0 Å². The summed E-state index contributed by atoms with van der Waals surface area (Å²) in [5.74, 6) is 1.27. The zero-order chi connectivity index (χ0) is 12.6. The molecule has 1 rings (SSSR count). The van der Waals surface area contributed by atoms with Crippen LogP contribution in [0.25, 0.3) is 0 Å². The van der Waals surface area contributed by atoms with Gasteiger partial charge in [-0.25, -0.2) is 0 Å². The SMILES string of the molecule is CNCC1(CN(C)CCCSC)CCOCC1. The number of thioether (sulfide) groups is 1. The van der Waals surface area contributed by atoms with Gasteiger partial charge in [0.15, 0.2) is 0 Å². The molecule has 0 aromatic rings. The molecule has 0 aliphatic carbocycles. The van der Waals surface area contributed by atoms with Gasteiger partial charge >= 0.3 is 0 Å². The molecule has 1 aliphatic rings. The Kier molecular flexibility index (Phi) is 7.51. The predicted octanol–water partition coefficient (Wildman–Crippen LogP) is 1.69. The molecule has 1 fully saturated rings. The first-order valence-corrected chi connectivity index (χ1v) is 8.02. The molecule has 0 unspecified atom stereocenters. The lowest BCUT2D eigenvalue weighted by atomic mass is 9.79. The molecule has 0 saturated carbocycles. The van der Waals surface area contributed by atoms with E-state index < -0.39 is 0 Å². The lowest BCUT2D eigenvalue weighted by molar-refractivity contribution is 0.000391. The highest BCUT2D eigenvalue weighted by molar-refractivity contribution is 7.98. The van der Waals surface area contributed by atoms with Crippen LogP contribution in [0.1, 0.15) is 19.3 Å². The monoisotopic (exact) mass is 260 g/mol. The van der Waals surface area contributed by atoms with E-state index in [1.165, 1.54) is 38.1 Å². The van der Waals surface area contributed by atoms with Gasteiger partial charge in [0, 0.05) is 26.3 Å². The van der Waals surface area contributed by atoms with Gasteiger partial charge in [0.05, 0.1) is 0 Å². The fourth-order valence-corrected chi connectivity index (χ4v) is 3.12. The Bertz CT molecular complexity index is 190. The summed E-state index contributed by atoms with van der Waals surface area (Å²) < 4.78 is 5.50. The second kappa shape index (κ2) is 8.35. The van der Waals surface area contributed by atoms with Crippen molar-refractivity contribution in [2.45, 2.75) is 19.3 Å². The smallest absolute Gasteiger partial charge is 0.0472 e. The van der Waals surface area contributed by atoms with Crippen LogP contribution in [0.15, 0.2) is 0 Å². The minimum Gasteiger partial charge on any atom is -0.381 e. The second-order valence-corrected chi connectivity index (χ2v) is 6.21. The van der Waals surface area contributed by atoms with Gasteiger partial charge in [-0.1, -0.05) is 0 Å². The Morgan fingerprint density at radius 3 is 2.65 bits per heavy atom.